The van der Waals surface area contributed by atoms with E-state index in [-0.39, 0.29) is 24.4 Å². The van der Waals surface area contributed by atoms with Gasteiger partial charge in [-0.1, -0.05) is 58.3 Å². The standard InChI is InChI=1S/C21H37N3O2S/c1-5-6-7-8-9-10-11-12-13-14-20(26)24(17(2)3)16-19(25)23-21-22-15-18(4)27-21/h15,17H,5-14,16H2,1-4H3,(H,22,23,25). The van der Waals surface area contributed by atoms with Crippen LogP contribution in [0.25, 0.3) is 0 Å². The molecule has 1 aromatic rings. The Kier molecular flexibility index (Phi) is 12.0. The number of nitrogens with zero attached hydrogens (tertiary/aromatic N) is 2. The minimum atomic E-state index is -0.182. The first-order chi connectivity index (χ1) is 12.9. The van der Waals surface area contributed by atoms with Crippen LogP contribution in [0.15, 0.2) is 6.20 Å². The van der Waals surface area contributed by atoms with Crippen LogP contribution in [0, 0.1) is 6.92 Å². The minimum absolute atomic E-state index is 0.0137. The predicted molar refractivity (Wildman–Crippen MR) is 114 cm³/mol. The van der Waals surface area contributed by atoms with E-state index in [1.165, 1.54) is 56.3 Å². The Bertz CT molecular complexity index is 557. The van der Waals surface area contributed by atoms with Gasteiger partial charge in [0.25, 0.3) is 0 Å². The van der Waals surface area contributed by atoms with Gasteiger partial charge in [0.2, 0.25) is 11.8 Å². The van der Waals surface area contributed by atoms with Crippen LogP contribution < -0.4 is 5.32 Å². The lowest BCUT2D eigenvalue weighted by Gasteiger charge is -2.26. The quantitative estimate of drug-likeness (QED) is 0.420. The highest BCUT2D eigenvalue weighted by Crippen LogP contribution is 2.17. The lowest BCUT2D eigenvalue weighted by Crippen LogP contribution is -2.42. The van der Waals surface area contributed by atoms with Crippen LogP contribution in [-0.2, 0) is 9.59 Å². The van der Waals surface area contributed by atoms with Crippen LogP contribution in [0.2, 0.25) is 0 Å². The van der Waals surface area contributed by atoms with Crippen LogP contribution in [0.4, 0.5) is 5.13 Å². The molecule has 0 aromatic carbocycles. The lowest BCUT2D eigenvalue weighted by atomic mass is 10.1. The number of carbonyl (C=O) groups is 2. The maximum Gasteiger partial charge on any atom is 0.245 e. The summed E-state index contributed by atoms with van der Waals surface area (Å²) in [7, 11) is 0. The highest BCUT2D eigenvalue weighted by Gasteiger charge is 2.20. The van der Waals surface area contributed by atoms with E-state index in [1.807, 2.05) is 20.8 Å². The third-order valence-corrected chi connectivity index (χ3v) is 5.45. The topological polar surface area (TPSA) is 62.3 Å². The summed E-state index contributed by atoms with van der Waals surface area (Å²) in [6.45, 7) is 8.18. The van der Waals surface area contributed by atoms with Gasteiger partial charge < -0.3 is 10.2 Å². The summed E-state index contributed by atoms with van der Waals surface area (Å²) in [6.07, 6.45) is 13.3. The fraction of sp³-hybridized carbons (Fsp3) is 0.762. The van der Waals surface area contributed by atoms with Crippen LogP contribution in [0.5, 0.6) is 0 Å². The number of carbonyl (C=O) groups excluding carboxylic acids is 2. The molecule has 0 spiro atoms. The van der Waals surface area contributed by atoms with Crippen molar-refractivity contribution in [2.24, 2.45) is 0 Å². The molecular weight excluding hydrogens is 358 g/mol. The lowest BCUT2D eigenvalue weighted by molar-refractivity contribution is -0.136. The SMILES string of the molecule is CCCCCCCCCCCC(=O)N(CC(=O)Nc1ncc(C)s1)C(C)C. The number of anilines is 1. The number of amides is 2. The first kappa shape index (κ1) is 23.6. The van der Waals surface area contributed by atoms with Gasteiger partial charge in [0.05, 0.1) is 0 Å². The van der Waals surface area contributed by atoms with E-state index < -0.39 is 0 Å². The van der Waals surface area contributed by atoms with Crippen molar-refractivity contribution < 1.29 is 9.59 Å². The maximum atomic E-state index is 12.5. The van der Waals surface area contributed by atoms with Crippen molar-refractivity contribution in [2.45, 2.75) is 97.9 Å². The number of thiazole rings is 1. The number of unbranched alkanes of at least 4 members (excludes halogenated alkanes) is 8. The zero-order chi connectivity index (χ0) is 20.1. The van der Waals surface area contributed by atoms with Crippen molar-refractivity contribution in [3.05, 3.63) is 11.1 Å². The summed E-state index contributed by atoms with van der Waals surface area (Å²) in [4.78, 5) is 31.6. The first-order valence-electron chi connectivity index (χ1n) is 10.5. The molecule has 0 saturated heterocycles. The number of aromatic nitrogens is 1. The van der Waals surface area contributed by atoms with Gasteiger partial charge in [-0.3, -0.25) is 9.59 Å². The summed E-state index contributed by atoms with van der Waals surface area (Å²) < 4.78 is 0. The molecule has 0 saturated carbocycles. The smallest absolute Gasteiger partial charge is 0.245 e. The molecule has 0 bridgehead atoms. The monoisotopic (exact) mass is 395 g/mol. The van der Waals surface area contributed by atoms with E-state index in [9.17, 15) is 9.59 Å². The van der Waals surface area contributed by atoms with Gasteiger partial charge in [0.1, 0.15) is 6.54 Å². The van der Waals surface area contributed by atoms with Crippen molar-refractivity contribution in [2.75, 3.05) is 11.9 Å². The van der Waals surface area contributed by atoms with E-state index in [1.54, 1.807) is 11.1 Å². The number of nitrogens with one attached hydrogen (secondary N) is 1. The Morgan fingerprint density at radius 1 is 1.07 bits per heavy atom. The normalized spacial score (nSPS) is 11.0. The van der Waals surface area contributed by atoms with E-state index in [2.05, 4.69) is 17.2 Å². The van der Waals surface area contributed by atoms with Gasteiger partial charge in [-0.2, -0.15) is 0 Å². The van der Waals surface area contributed by atoms with Crippen LogP contribution >= 0.6 is 11.3 Å². The van der Waals surface area contributed by atoms with Crippen LogP contribution in [0.1, 0.15) is 89.9 Å². The molecule has 0 fully saturated rings. The largest absolute Gasteiger partial charge is 0.331 e. The van der Waals surface area contributed by atoms with E-state index in [0.29, 0.717) is 11.6 Å². The summed E-state index contributed by atoms with van der Waals surface area (Å²) in [5.74, 6) is -0.114. The van der Waals surface area contributed by atoms with Crippen LogP contribution in [-0.4, -0.2) is 34.3 Å². The first-order valence-corrected chi connectivity index (χ1v) is 11.3. The summed E-state index contributed by atoms with van der Waals surface area (Å²) in [5.41, 5.74) is 0. The average Bonchev–Trinajstić information content (AvgIpc) is 3.02. The highest BCUT2D eigenvalue weighted by molar-refractivity contribution is 7.15. The Hall–Kier alpha value is -1.43. The molecule has 2 amide bonds. The van der Waals surface area contributed by atoms with E-state index in [4.69, 9.17) is 0 Å². The fourth-order valence-corrected chi connectivity index (χ4v) is 3.70. The highest BCUT2D eigenvalue weighted by atomic mass is 32.1. The average molecular weight is 396 g/mol. The second kappa shape index (κ2) is 13.7. The molecule has 1 heterocycles. The number of hydrogen-bond acceptors (Lipinski definition) is 4. The Labute approximate surface area is 168 Å². The number of rotatable bonds is 14. The molecule has 0 aliphatic rings. The van der Waals surface area contributed by atoms with Gasteiger partial charge in [-0.15, -0.1) is 11.3 Å². The molecular formula is C21H37N3O2S. The number of aryl methyl sites for hydroxylation is 1. The van der Waals surface area contributed by atoms with Crippen molar-refractivity contribution in [3.8, 4) is 0 Å². The van der Waals surface area contributed by atoms with Gasteiger partial charge in [-0.05, 0) is 27.2 Å². The second-order valence-corrected chi connectivity index (χ2v) is 8.75. The van der Waals surface area contributed by atoms with E-state index in [0.717, 1.165) is 17.7 Å². The van der Waals surface area contributed by atoms with Crippen molar-refractivity contribution in [3.63, 3.8) is 0 Å². The van der Waals surface area contributed by atoms with E-state index >= 15 is 0 Å². The minimum Gasteiger partial charge on any atom is -0.331 e. The Morgan fingerprint density at radius 2 is 1.67 bits per heavy atom. The second-order valence-electron chi connectivity index (χ2n) is 7.52. The zero-order valence-corrected chi connectivity index (χ0v) is 18.4. The molecule has 27 heavy (non-hydrogen) atoms. The molecule has 0 radical (unpaired) electrons. The molecule has 5 nitrogen and oxygen atoms in total. The third-order valence-electron chi connectivity index (χ3n) is 4.62. The molecule has 0 unspecified atom stereocenters. The Balaban J connectivity index is 2.25. The fourth-order valence-electron chi connectivity index (χ4n) is 3.02. The molecule has 0 atom stereocenters. The van der Waals surface area contributed by atoms with Crippen molar-refractivity contribution in [1.29, 1.82) is 0 Å². The van der Waals surface area contributed by atoms with Gasteiger partial charge in [-0.25, -0.2) is 4.98 Å². The van der Waals surface area contributed by atoms with Crippen LogP contribution in [0.3, 0.4) is 0 Å². The summed E-state index contributed by atoms with van der Waals surface area (Å²) in [5, 5.41) is 3.37. The molecule has 154 valence electrons. The predicted octanol–water partition coefficient (Wildman–Crippen LogP) is 5.55. The van der Waals surface area contributed by atoms with Crippen molar-refractivity contribution >= 4 is 28.3 Å². The molecule has 0 aliphatic heterocycles. The Morgan fingerprint density at radius 3 is 2.19 bits per heavy atom. The number of hydrogen-bond donors (Lipinski definition) is 1. The van der Waals surface area contributed by atoms with Gasteiger partial charge >= 0.3 is 0 Å². The molecule has 1 rings (SSSR count). The van der Waals surface area contributed by atoms with Gasteiger partial charge in [0, 0.05) is 23.5 Å². The molecule has 6 heteroatoms. The summed E-state index contributed by atoms with van der Waals surface area (Å²) in [6, 6.07) is 0.0137. The van der Waals surface area contributed by atoms with Crippen molar-refractivity contribution in [1.82, 2.24) is 9.88 Å². The molecule has 1 N–H and O–H groups in total. The third kappa shape index (κ3) is 10.5. The molecule has 1 aromatic heterocycles. The molecule has 0 aliphatic carbocycles. The summed E-state index contributed by atoms with van der Waals surface area (Å²) >= 11 is 1.44. The van der Waals surface area contributed by atoms with Gasteiger partial charge in [0.15, 0.2) is 5.13 Å². The zero-order valence-electron chi connectivity index (χ0n) is 17.6. The maximum absolute atomic E-state index is 12.5.